The molecule has 2 heterocycles. The van der Waals surface area contributed by atoms with E-state index in [1.54, 1.807) is 0 Å². The van der Waals surface area contributed by atoms with Crippen molar-refractivity contribution in [2.24, 2.45) is 0 Å². The lowest BCUT2D eigenvalue weighted by atomic mass is 10.1. The van der Waals surface area contributed by atoms with E-state index in [9.17, 15) is 9.59 Å². The summed E-state index contributed by atoms with van der Waals surface area (Å²) in [6, 6.07) is 0.0777. The first-order valence-corrected chi connectivity index (χ1v) is 7.32. The van der Waals surface area contributed by atoms with Gasteiger partial charge in [0.25, 0.3) is 0 Å². The Bertz CT molecular complexity index is 508. The van der Waals surface area contributed by atoms with Crippen LogP contribution < -0.4 is 5.32 Å². The maximum absolute atomic E-state index is 11.6. The molecule has 7 heteroatoms. The number of nitrogens with zero attached hydrogens (tertiary/aromatic N) is 1. The number of carbonyl (C=O) groups excluding carboxylic acids is 2. The summed E-state index contributed by atoms with van der Waals surface area (Å²) in [7, 11) is 1.27. The summed E-state index contributed by atoms with van der Waals surface area (Å²) in [5.41, 5.74) is 0.0760. The number of Topliss-reactive ketones (excluding diaryl/α,β-unsaturated/α-hetero) is 1. The van der Waals surface area contributed by atoms with Crippen LogP contribution in [0.25, 0.3) is 0 Å². The molecule has 1 aromatic rings. The van der Waals surface area contributed by atoms with Gasteiger partial charge >= 0.3 is 5.97 Å². The zero-order chi connectivity index (χ0) is 14.7. The molecular formula is C13H18N2O4S. The molecule has 1 aliphatic heterocycles. The van der Waals surface area contributed by atoms with Crippen molar-refractivity contribution < 1.29 is 19.1 Å². The lowest BCUT2D eigenvalue weighted by Crippen LogP contribution is -2.29. The van der Waals surface area contributed by atoms with Gasteiger partial charge in [-0.2, -0.15) is 0 Å². The Hall–Kier alpha value is -1.47. The van der Waals surface area contributed by atoms with E-state index < -0.39 is 5.97 Å². The van der Waals surface area contributed by atoms with Crippen LogP contribution in [-0.2, 0) is 9.47 Å². The molecule has 1 saturated heterocycles. The highest BCUT2D eigenvalue weighted by atomic mass is 32.1. The molecule has 1 aliphatic rings. The first kappa shape index (κ1) is 14.9. The largest absolute Gasteiger partial charge is 0.464 e. The van der Waals surface area contributed by atoms with Crippen LogP contribution in [0.3, 0.4) is 0 Å². The molecule has 0 spiro atoms. The minimum Gasteiger partial charge on any atom is -0.464 e. The van der Waals surface area contributed by atoms with Crippen LogP contribution in [-0.4, -0.2) is 42.6 Å². The third kappa shape index (κ3) is 3.16. The van der Waals surface area contributed by atoms with Crippen LogP contribution in [0.5, 0.6) is 0 Å². The number of hydrogen-bond donors (Lipinski definition) is 1. The number of ether oxygens (including phenoxy) is 2. The van der Waals surface area contributed by atoms with Crippen LogP contribution in [0.15, 0.2) is 0 Å². The van der Waals surface area contributed by atoms with Crippen LogP contribution in [0.2, 0.25) is 0 Å². The van der Waals surface area contributed by atoms with Crippen LogP contribution in [0, 0.1) is 0 Å². The molecular weight excluding hydrogens is 280 g/mol. The third-order valence-corrected chi connectivity index (χ3v) is 4.29. The molecule has 110 valence electrons. The number of ketones is 1. The van der Waals surface area contributed by atoms with Gasteiger partial charge in [-0.15, -0.1) is 0 Å². The van der Waals surface area contributed by atoms with Crippen molar-refractivity contribution in [3.05, 3.63) is 10.6 Å². The average Bonchev–Trinajstić information content (AvgIpc) is 3.06. The average molecular weight is 298 g/mol. The number of thiazole rings is 1. The molecule has 1 fully saturated rings. The van der Waals surface area contributed by atoms with Gasteiger partial charge in [-0.25, -0.2) is 9.78 Å². The molecule has 20 heavy (non-hydrogen) atoms. The first-order valence-electron chi connectivity index (χ1n) is 6.51. The molecule has 2 atom stereocenters. The quantitative estimate of drug-likeness (QED) is 0.662. The molecule has 2 rings (SSSR count). The van der Waals surface area contributed by atoms with E-state index in [0.717, 1.165) is 19.4 Å². The van der Waals surface area contributed by atoms with E-state index in [2.05, 4.69) is 15.0 Å². The summed E-state index contributed by atoms with van der Waals surface area (Å²) in [6.45, 7) is 4.19. The zero-order valence-electron chi connectivity index (χ0n) is 11.8. The topological polar surface area (TPSA) is 77.5 Å². The lowest BCUT2D eigenvalue weighted by molar-refractivity contribution is 0.0591. The van der Waals surface area contributed by atoms with Crippen molar-refractivity contribution in [2.75, 3.05) is 19.0 Å². The predicted octanol–water partition coefficient (Wildman–Crippen LogP) is 2.11. The SMILES string of the molecule is COC(=O)c1nc(NC(C)C2CCCO2)sc1C(C)=O. The molecule has 1 N–H and O–H groups in total. The minimum absolute atomic E-state index is 0.0760. The van der Waals surface area contributed by atoms with Gasteiger partial charge in [0.05, 0.1) is 19.3 Å². The number of anilines is 1. The summed E-state index contributed by atoms with van der Waals surface area (Å²) in [5.74, 6) is -0.787. The van der Waals surface area contributed by atoms with Gasteiger partial charge in [-0.05, 0) is 19.8 Å². The molecule has 6 nitrogen and oxygen atoms in total. The monoisotopic (exact) mass is 298 g/mol. The molecule has 0 saturated carbocycles. The van der Waals surface area contributed by atoms with Crippen molar-refractivity contribution in [1.82, 2.24) is 4.98 Å². The molecule has 0 aromatic carbocycles. The van der Waals surface area contributed by atoms with E-state index in [1.165, 1.54) is 25.4 Å². The van der Waals surface area contributed by atoms with Crippen molar-refractivity contribution in [2.45, 2.75) is 38.8 Å². The summed E-state index contributed by atoms with van der Waals surface area (Å²) in [4.78, 5) is 27.7. The Morgan fingerprint density at radius 3 is 2.85 bits per heavy atom. The fraction of sp³-hybridized carbons (Fsp3) is 0.615. The maximum atomic E-state index is 11.6. The van der Waals surface area contributed by atoms with Gasteiger partial charge in [0.2, 0.25) is 0 Å². The van der Waals surface area contributed by atoms with Gasteiger partial charge in [0, 0.05) is 13.5 Å². The van der Waals surface area contributed by atoms with E-state index in [4.69, 9.17) is 4.74 Å². The first-order chi connectivity index (χ1) is 9.52. The number of methoxy groups -OCH3 is 1. The molecule has 0 radical (unpaired) electrons. The van der Waals surface area contributed by atoms with Crippen molar-refractivity contribution in [3.8, 4) is 0 Å². The van der Waals surface area contributed by atoms with Crippen molar-refractivity contribution in [3.63, 3.8) is 0 Å². The molecule has 2 unspecified atom stereocenters. The molecule has 1 aromatic heterocycles. The van der Waals surface area contributed by atoms with E-state index in [0.29, 0.717) is 10.0 Å². The van der Waals surface area contributed by atoms with Crippen molar-refractivity contribution in [1.29, 1.82) is 0 Å². The number of aromatic nitrogens is 1. The van der Waals surface area contributed by atoms with Gasteiger partial charge in [-0.3, -0.25) is 4.79 Å². The second kappa shape index (κ2) is 6.32. The van der Waals surface area contributed by atoms with Crippen LogP contribution >= 0.6 is 11.3 Å². The van der Waals surface area contributed by atoms with Gasteiger partial charge in [-0.1, -0.05) is 11.3 Å². The van der Waals surface area contributed by atoms with Gasteiger partial charge in [0.1, 0.15) is 4.88 Å². The number of rotatable bonds is 5. The number of nitrogens with one attached hydrogen (secondary N) is 1. The Labute approximate surface area is 121 Å². The fourth-order valence-corrected chi connectivity index (χ4v) is 3.08. The van der Waals surface area contributed by atoms with Crippen LogP contribution in [0.4, 0.5) is 5.13 Å². The smallest absolute Gasteiger partial charge is 0.358 e. The normalized spacial score (nSPS) is 19.6. The fourth-order valence-electron chi connectivity index (χ4n) is 2.14. The molecule has 0 aliphatic carbocycles. The Kier molecular flexibility index (Phi) is 4.72. The Morgan fingerprint density at radius 1 is 1.55 bits per heavy atom. The standard InChI is InChI=1S/C13H18N2O4S/c1-7(9-5-4-6-19-9)14-13-15-10(12(17)18-3)11(20-13)8(2)16/h7,9H,4-6H2,1-3H3,(H,14,15). The second-order valence-electron chi connectivity index (χ2n) is 4.73. The number of carbonyl (C=O) groups is 2. The van der Waals surface area contributed by atoms with Crippen LogP contribution in [0.1, 0.15) is 46.8 Å². The minimum atomic E-state index is -0.593. The Morgan fingerprint density at radius 2 is 2.30 bits per heavy atom. The number of hydrogen-bond acceptors (Lipinski definition) is 7. The van der Waals surface area contributed by atoms with Gasteiger partial charge in [0.15, 0.2) is 16.6 Å². The number of esters is 1. The Balaban J connectivity index is 2.15. The third-order valence-electron chi connectivity index (χ3n) is 3.20. The van der Waals surface area contributed by atoms with Crippen molar-refractivity contribution >= 4 is 28.2 Å². The summed E-state index contributed by atoms with van der Waals surface area (Å²) in [6.07, 6.45) is 2.20. The lowest BCUT2D eigenvalue weighted by Gasteiger charge is -2.19. The highest BCUT2D eigenvalue weighted by Crippen LogP contribution is 2.26. The predicted molar refractivity (Wildman–Crippen MR) is 75.5 cm³/mol. The maximum Gasteiger partial charge on any atom is 0.358 e. The molecule has 0 bridgehead atoms. The highest BCUT2D eigenvalue weighted by molar-refractivity contribution is 7.17. The molecule has 0 amide bonds. The zero-order valence-corrected chi connectivity index (χ0v) is 12.6. The van der Waals surface area contributed by atoms with E-state index in [-0.39, 0.29) is 23.6 Å². The van der Waals surface area contributed by atoms with E-state index in [1.807, 2.05) is 6.92 Å². The summed E-state index contributed by atoms with van der Waals surface area (Å²) < 4.78 is 10.2. The summed E-state index contributed by atoms with van der Waals surface area (Å²) in [5, 5.41) is 3.74. The van der Waals surface area contributed by atoms with E-state index >= 15 is 0 Å². The summed E-state index contributed by atoms with van der Waals surface area (Å²) >= 11 is 1.17. The second-order valence-corrected chi connectivity index (χ2v) is 5.73. The highest BCUT2D eigenvalue weighted by Gasteiger charge is 2.26. The van der Waals surface area contributed by atoms with Gasteiger partial charge < -0.3 is 14.8 Å².